The number of ether oxygens (including phenoxy) is 2. The second kappa shape index (κ2) is 4.01. The first kappa shape index (κ1) is 8.93. The van der Waals surface area contributed by atoms with Gasteiger partial charge >= 0.3 is 0 Å². The Morgan fingerprint density at radius 3 is 2.82 bits per heavy atom. The number of rotatable bonds is 2. The molecule has 4 nitrogen and oxygen atoms in total. The van der Waals surface area contributed by atoms with Crippen LogP contribution in [0.1, 0.15) is 12.8 Å². The molecule has 0 bridgehead atoms. The molecular formula is C7H14O4. The van der Waals surface area contributed by atoms with Crippen molar-refractivity contribution < 1.29 is 19.7 Å². The minimum atomic E-state index is -0.550. The lowest BCUT2D eigenvalue weighted by Crippen LogP contribution is -2.41. The maximum atomic E-state index is 9.24. The summed E-state index contributed by atoms with van der Waals surface area (Å²) >= 11 is 0. The van der Waals surface area contributed by atoms with Crippen molar-refractivity contribution in [2.45, 2.75) is 31.3 Å². The number of aliphatic hydroxyl groups is 2. The molecule has 0 aromatic heterocycles. The molecule has 2 N–H and O–H groups in total. The Morgan fingerprint density at radius 1 is 1.55 bits per heavy atom. The molecule has 0 aromatic rings. The second-order valence-electron chi connectivity index (χ2n) is 2.67. The summed E-state index contributed by atoms with van der Waals surface area (Å²) in [6.07, 6.45) is 0.0217. The molecule has 0 saturated carbocycles. The third-order valence-electron chi connectivity index (χ3n) is 1.90. The van der Waals surface area contributed by atoms with E-state index in [1.54, 1.807) is 7.11 Å². The Kier molecular flexibility index (Phi) is 3.26. The van der Waals surface area contributed by atoms with E-state index in [0.29, 0.717) is 12.8 Å². The maximum Gasteiger partial charge on any atom is 0.157 e. The number of aliphatic hydroxyl groups excluding tert-OH is 2. The summed E-state index contributed by atoms with van der Waals surface area (Å²) in [7, 11) is 1.55. The highest BCUT2D eigenvalue weighted by Crippen LogP contribution is 2.19. The van der Waals surface area contributed by atoms with Crippen LogP contribution in [0.25, 0.3) is 0 Å². The zero-order chi connectivity index (χ0) is 8.27. The van der Waals surface area contributed by atoms with E-state index in [-0.39, 0.29) is 12.9 Å². The van der Waals surface area contributed by atoms with Gasteiger partial charge in [-0.1, -0.05) is 0 Å². The molecular weight excluding hydrogens is 148 g/mol. The van der Waals surface area contributed by atoms with E-state index in [0.717, 1.165) is 0 Å². The maximum absolute atomic E-state index is 9.24. The van der Waals surface area contributed by atoms with Gasteiger partial charge < -0.3 is 19.7 Å². The first-order valence-electron chi connectivity index (χ1n) is 3.75. The minimum Gasteiger partial charge on any atom is -0.394 e. The van der Waals surface area contributed by atoms with Gasteiger partial charge in [0.1, 0.15) is 6.10 Å². The van der Waals surface area contributed by atoms with Crippen molar-refractivity contribution in [1.82, 2.24) is 0 Å². The molecule has 1 saturated heterocycles. The van der Waals surface area contributed by atoms with Gasteiger partial charge in [0.15, 0.2) is 6.29 Å². The number of hydrogen-bond donors (Lipinski definition) is 2. The van der Waals surface area contributed by atoms with Crippen LogP contribution in [0.15, 0.2) is 0 Å². The lowest BCUT2D eigenvalue weighted by atomic mass is 10.1. The smallest absolute Gasteiger partial charge is 0.157 e. The molecule has 1 aliphatic rings. The van der Waals surface area contributed by atoms with E-state index in [9.17, 15) is 5.11 Å². The topological polar surface area (TPSA) is 58.9 Å². The van der Waals surface area contributed by atoms with E-state index < -0.39 is 12.2 Å². The lowest BCUT2D eigenvalue weighted by molar-refractivity contribution is -0.219. The van der Waals surface area contributed by atoms with Gasteiger partial charge in [-0.15, -0.1) is 0 Å². The van der Waals surface area contributed by atoms with E-state index in [1.165, 1.54) is 0 Å². The molecule has 0 amide bonds. The zero-order valence-electron chi connectivity index (χ0n) is 6.56. The van der Waals surface area contributed by atoms with Crippen LogP contribution in [-0.4, -0.2) is 42.4 Å². The largest absolute Gasteiger partial charge is 0.394 e. The third-order valence-corrected chi connectivity index (χ3v) is 1.90. The Hall–Kier alpha value is -0.160. The average Bonchev–Trinajstić information content (AvgIpc) is 2.05. The van der Waals surface area contributed by atoms with Crippen LogP contribution in [-0.2, 0) is 9.47 Å². The van der Waals surface area contributed by atoms with Gasteiger partial charge in [0.05, 0.1) is 12.7 Å². The highest BCUT2D eigenvalue weighted by Gasteiger charge is 2.28. The number of hydrogen-bond acceptors (Lipinski definition) is 4. The first-order valence-corrected chi connectivity index (χ1v) is 3.75. The SMILES string of the molecule is CO[C@H]1CCC(O)C(CO)O1. The molecule has 0 radical (unpaired) electrons. The Morgan fingerprint density at radius 2 is 2.27 bits per heavy atom. The molecule has 1 aliphatic heterocycles. The molecule has 0 aliphatic carbocycles. The molecule has 1 heterocycles. The van der Waals surface area contributed by atoms with Crippen LogP contribution in [0.3, 0.4) is 0 Å². The molecule has 1 fully saturated rings. The van der Waals surface area contributed by atoms with Crippen molar-refractivity contribution in [2.75, 3.05) is 13.7 Å². The van der Waals surface area contributed by atoms with Crippen LogP contribution >= 0.6 is 0 Å². The molecule has 1 rings (SSSR count). The van der Waals surface area contributed by atoms with Crippen LogP contribution in [0.4, 0.5) is 0 Å². The van der Waals surface area contributed by atoms with Crippen LogP contribution in [0.2, 0.25) is 0 Å². The average molecular weight is 162 g/mol. The fourth-order valence-electron chi connectivity index (χ4n) is 1.18. The third kappa shape index (κ3) is 2.13. The van der Waals surface area contributed by atoms with E-state index in [2.05, 4.69) is 0 Å². The normalized spacial score (nSPS) is 39.0. The summed E-state index contributed by atoms with van der Waals surface area (Å²) in [5.74, 6) is 0. The van der Waals surface area contributed by atoms with E-state index >= 15 is 0 Å². The van der Waals surface area contributed by atoms with Crippen molar-refractivity contribution >= 4 is 0 Å². The fourth-order valence-corrected chi connectivity index (χ4v) is 1.18. The number of methoxy groups -OCH3 is 1. The first-order chi connectivity index (χ1) is 5.27. The highest BCUT2D eigenvalue weighted by molar-refractivity contribution is 4.74. The van der Waals surface area contributed by atoms with Crippen LogP contribution < -0.4 is 0 Å². The summed E-state index contributed by atoms with van der Waals surface area (Å²) in [6, 6.07) is 0. The molecule has 0 aromatic carbocycles. The standard InChI is InChI=1S/C7H14O4/c1-10-7-3-2-5(9)6(4-8)11-7/h5-9H,2-4H2,1H3/t5?,6?,7-/m1/s1. The molecule has 11 heavy (non-hydrogen) atoms. The minimum absolute atomic E-state index is 0.152. The summed E-state index contributed by atoms with van der Waals surface area (Å²) in [5, 5.41) is 18.0. The van der Waals surface area contributed by atoms with Crippen molar-refractivity contribution in [2.24, 2.45) is 0 Å². The summed E-state index contributed by atoms with van der Waals surface area (Å²) in [6.45, 7) is -0.152. The lowest BCUT2D eigenvalue weighted by Gasteiger charge is -2.31. The van der Waals surface area contributed by atoms with E-state index in [4.69, 9.17) is 14.6 Å². The van der Waals surface area contributed by atoms with E-state index in [1.807, 2.05) is 0 Å². The van der Waals surface area contributed by atoms with Gasteiger partial charge in [-0.3, -0.25) is 0 Å². The van der Waals surface area contributed by atoms with Gasteiger partial charge in [-0.25, -0.2) is 0 Å². The summed E-state index contributed by atoms with van der Waals surface area (Å²) in [5.41, 5.74) is 0. The fraction of sp³-hybridized carbons (Fsp3) is 1.00. The van der Waals surface area contributed by atoms with Crippen molar-refractivity contribution in [3.8, 4) is 0 Å². The predicted molar refractivity (Wildman–Crippen MR) is 38.0 cm³/mol. The molecule has 3 atom stereocenters. The van der Waals surface area contributed by atoms with Gasteiger partial charge in [0, 0.05) is 13.5 Å². The molecule has 66 valence electrons. The monoisotopic (exact) mass is 162 g/mol. The molecule has 4 heteroatoms. The quantitative estimate of drug-likeness (QED) is 0.574. The Bertz CT molecular complexity index is 117. The van der Waals surface area contributed by atoms with Crippen molar-refractivity contribution in [3.63, 3.8) is 0 Å². The van der Waals surface area contributed by atoms with Crippen LogP contribution in [0.5, 0.6) is 0 Å². The molecule has 2 unspecified atom stereocenters. The van der Waals surface area contributed by atoms with Crippen LogP contribution in [0, 0.1) is 0 Å². The summed E-state index contributed by atoms with van der Waals surface area (Å²) in [4.78, 5) is 0. The zero-order valence-corrected chi connectivity index (χ0v) is 6.56. The van der Waals surface area contributed by atoms with Crippen molar-refractivity contribution in [3.05, 3.63) is 0 Å². The van der Waals surface area contributed by atoms with Gasteiger partial charge in [-0.05, 0) is 6.42 Å². The van der Waals surface area contributed by atoms with Gasteiger partial charge in [0.2, 0.25) is 0 Å². The van der Waals surface area contributed by atoms with Gasteiger partial charge in [0.25, 0.3) is 0 Å². The Labute approximate surface area is 65.7 Å². The second-order valence-corrected chi connectivity index (χ2v) is 2.67. The molecule has 0 spiro atoms. The highest BCUT2D eigenvalue weighted by atomic mass is 16.7. The van der Waals surface area contributed by atoms with Gasteiger partial charge in [-0.2, -0.15) is 0 Å². The predicted octanol–water partition coefficient (Wildman–Crippen LogP) is -0.509. The Balaban J connectivity index is 2.37. The summed E-state index contributed by atoms with van der Waals surface area (Å²) < 4.78 is 10.1. The van der Waals surface area contributed by atoms with Crippen molar-refractivity contribution in [1.29, 1.82) is 0 Å².